The highest BCUT2D eigenvalue weighted by Gasteiger charge is 2.35. The molecule has 0 fully saturated rings. The molecule has 74 valence electrons. The largest absolute Gasteiger partial charge is 0.464 e. The summed E-state index contributed by atoms with van der Waals surface area (Å²) >= 11 is 0.540. The average molecular weight is 218 g/mol. The average Bonchev–Trinajstić information content (AvgIpc) is 2.66. The summed E-state index contributed by atoms with van der Waals surface area (Å²) in [6, 6.07) is 0.790. The Morgan fingerprint density at radius 1 is 1.79 bits per heavy atom. The number of methoxy groups -OCH3 is 1. The van der Waals surface area contributed by atoms with Crippen LogP contribution in [0.4, 0.5) is 8.78 Å². The number of nitriles is 1. The smallest absolute Gasteiger partial charge is 0.382 e. The fourth-order valence-electron chi connectivity index (χ4n) is 0.664. The molecule has 1 heterocycles. The molecule has 7 heteroatoms. The Bertz CT molecular complexity index is 397. The third kappa shape index (κ3) is 1.85. The van der Waals surface area contributed by atoms with Crippen LogP contribution < -0.4 is 0 Å². The second-order valence-corrected chi connectivity index (χ2v) is 3.07. The molecule has 1 rings (SSSR count). The molecule has 0 spiro atoms. The molecule has 0 bridgehead atoms. The predicted octanol–water partition coefficient (Wildman–Crippen LogP) is 1.55. The van der Waals surface area contributed by atoms with Crippen molar-refractivity contribution in [3.63, 3.8) is 0 Å². The molecule has 0 atom stereocenters. The lowest BCUT2D eigenvalue weighted by molar-refractivity contribution is 0.0569. The maximum absolute atomic E-state index is 12.7. The van der Waals surface area contributed by atoms with E-state index in [1.165, 1.54) is 0 Å². The van der Waals surface area contributed by atoms with Crippen LogP contribution in [0.1, 0.15) is 15.5 Å². The number of esters is 1. The van der Waals surface area contributed by atoms with Crippen molar-refractivity contribution in [3.05, 3.63) is 16.1 Å². The Morgan fingerprint density at radius 3 is 2.93 bits per heavy atom. The SMILES string of the molecule is COC(=O)c1csc(C(F)(F)C#N)n1. The number of carbonyl (C=O) groups is 1. The molecule has 1 aromatic heterocycles. The van der Waals surface area contributed by atoms with Gasteiger partial charge < -0.3 is 4.74 Å². The van der Waals surface area contributed by atoms with Crippen LogP contribution in [-0.2, 0) is 10.7 Å². The minimum atomic E-state index is -3.66. The van der Waals surface area contributed by atoms with Gasteiger partial charge in [0, 0.05) is 5.38 Å². The molecule has 0 N–H and O–H groups in total. The van der Waals surface area contributed by atoms with Crippen molar-refractivity contribution in [3.8, 4) is 6.07 Å². The molecule has 0 saturated heterocycles. The van der Waals surface area contributed by atoms with Gasteiger partial charge in [0.2, 0.25) is 0 Å². The second kappa shape index (κ2) is 3.67. The van der Waals surface area contributed by atoms with E-state index >= 15 is 0 Å². The van der Waals surface area contributed by atoms with Crippen LogP contribution in [0.2, 0.25) is 0 Å². The maximum atomic E-state index is 12.7. The van der Waals surface area contributed by atoms with Gasteiger partial charge >= 0.3 is 11.9 Å². The number of aromatic nitrogens is 1. The van der Waals surface area contributed by atoms with E-state index in [0.29, 0.717) is 11.3 Å². The van der Waals surface area contributed by atoms with Crippen molar-refractivity contribution < 1.29 is 18.3 Å². The summed E-state index contributed by atoms with van der Waals surface area (Å²) in [5.74, 6) is -4.46. The van der Waals surface area contributed by atoms with Crippen molar-refractivity contribution in [1.82, 2.24) is 4.98 Å². The van der Waals surface area contributed by atoms with Gasteiger partial charge in [0.05, 0.1) is 7.11 Å². The standard InChI is InChI=1S/C7H4F2N2O2S/c1-13-5(12)4-2-14-6(11-4)7(8,9)3-10/h2H,1H3. The maximum Gasteiger partial charge on any atom is 0.382 e. The van der Waals surface area contributed by atoms with Crippen molar-refractivity contribution in [2.75, 3.05) is 7.11 Å². The molecule has 0 amide bonds. The van der Waals surface area contributed by atoms with Gasteiger partial charge in [0.15, 0.2) is 10.7 Å². The number of carbonyl (C=O) groups excluding carboxylic acids is 1. The van der Waals surface area contributed by atoms with E-state index in [1.807, 2.05) is 0 Å². The number of nitrogens with zero attached hydrogens (tertiary/aromatic N) is 2. The van der Waals surface area contributed by atoms with E-state index < -0.39 is 16.9 Å². The minimum Gasteiger partial charge on any atom is -0.464 e. The molecule has 14 heavy (non-hydrogen) atoms. The van der Waals surface area contributed by atoms with E-state index in [0.717, 1.165) is 18.6 Å². The summed E-state index contributed by atoms with van der Waals surface area (Å²) < 4.78 is 29.7. The van der Waals surface area contributed by atoms with Crippen LogP contribution >= 0.6 is 11.3 Å². The molecule has 0 aliphatic heterocycles. The third-order valence-electron chi connectivity index (χ3n) is 1.31. The minimum absolute atomic E-state index is 0.220. The molecule has 0 aliphatic rings. The number of rotatable bonds is 2. The van der Waals surface area contributed by atoms with E-state index in [9.17, 15) is 13.6 Å². The van der Waals surface area contributed by atoms with E-state index in [2.05, 4.69) is 9.72 Å². The van der Waals surface area contributed by atoms with Crippen molar-refractivity contribution in [1.29, 1.82) is 5.26 Å². The van der Waals surface area contributed by atoms with Gasteiger partial charge in [0.25, 0.3) is 0 Å². The summed E-state index contributed by atoms with van der Waals surface area (Å²) in [4.78, 5) is 14.1. The first-order chi connectivity index (χ1) is 6.51. The lowest BCUT2D eigenvalue weighted by Crippen LogP contribution is -2.10. The highest BCUT2D eigenvalue weighted by atomic mass is 32.1. The summed E-state index contributed by atoms with van der Waals surface area (Å²) in [5.41, 5.74) is -0.220. The summed E-state index contributed by atoms with van der Waals surface area (Å²) in [5, 5.41) is 8.51. The van der Waals surface area contributed by atoms with Gasteiger partial charge in [-0.2, -0.15) is 14.0 Å². The first kappa shape index (κ1) is 10.5. The van der Waals surface area contributed by atoms with Gasteiger partial charge in [-0.15, -0.1) is 11.3 Å². The number of hydrogen-bond donors (Lipinski definition) is 0. The van der Waals surface area contributed by atoms with E-state index in [1.54, 1.807) is 0 Å². The summed E-state index contributed by atoms with van der Waals surface area (Å²) in [6.45, 7) is 0. The van der Waals surface area contributed by atoms with Crippen LogP contribution in [-0.4, -0.2) is 18.1 Å². The normalized spacial score (nSPS) is 10.7. The number of alkyl halides is 2. The van der Waals surface area contributed by atoms with Gasteiger partial charge in [-0.05, 0) is 0 Å². The van der Waals surface area contributed by atoms with Gasteiger partial charge in [-0.3, -0.25) is 0 Å². The zero-order valence-electron chi connectivity index (χ0n) is 6.95. The Hall–Kier alpha value is -1.55. The molecule has 1 aromatic rings. The van der Waals surface area contributed by atoms with Crippen molar-refractivity contribution >= 4 is 17.3 Å². The molecule has 0 aliphatic carbocycles. The van der Waals surface area contributed by atoms with Crippen molar-refractivity contribution in [2.24, 2.45) is 0 Å². The number of thiazole rings is 1. The zero-order valence-corrected chi connectivity index (χ0v) is 7.77. The van der Waals surface area contributed by atoms with Crippen LogP contribution in [0.25, 0.3) is 0 Å². The van der Waals surface area contributed by atoms with Crippen LogP contribution in [0.15, 0.2) is 5.38 Å². The van der Waals surface area contributed by atoms with E-state index in [4.69, 9.17) is 5.26 Å². The van der Waals surface area contributed by atoms with Crippen LogP contribution in [0.3, 0.4) is 0 Å². The quantitative estimate of drug-likeness (QED) is 0.706. The zero-order chi connectivity index (χ0) is 10.8. The number of ether oxygens (including phenoxy) is 1. The monoisotopic (exact) mass is 218 g/mol. The third-order valence-corrected chi connectivity index (χ3v) is 2.22. The first-order valence-electron chi connectivity index (χ1n) is 3.34. The van der Waals surface area contributed by atoms with Crippen LogP contribution in [0.5, 0.6) is 0 Å². The number of halogens is 2. The molecule has 0 aromatic carbocycles. The molecule has 0 saturated carbocycles. The molecular weight excluding hydrogens is 214 g/mol. The van der Waals surface area contributed by atoms with Gasteiger partial charge in [-0.1, -0.05) is 0 Å². The highest BCUT2D eigenvalue weighted by Crippen LogP contribution is 2.29. The summed E-state index contributed by atoms with van der Waals surface area (Å²) in [7, 11) is 1.11. The Labute approximate surface area is 81.7 Å². The lowest BCUT2D eigenvalue weighted by Gasteiger charge is -2.00. The predicted molar refractivity (Wildman–Crippen MR) is 43.0 cm³/mol. The molecule has 0 unspecified atom stereocenters. The fraction of sp³-hybridized carbons (Fsp3) is 0.286. The lowest BCUT2D eigenvalue weighted by atomic mass is 10.4. The van der Waals surface area contributed by atoms with Gasteiger partial charge in [-0.25, -0.2) is 9.78 Å². The topological polar surface area (TPSA) is 63.0 Å². The molecule has 4 nitrogen and oxygen atoms in total. The van der Waals surface area contributed by atoms with E-state index in [-0.39, 0.29) is 5.69 Å². The Kier molecular flexibility index (Phi) is 2.76. The molecule has 0 radical (unpaired) electrons. The summed E-state index contributed by atoms with van der Waals surface area (Å²) in [6.07, 6.45) is 0. The Morgan fingerprint density at radius 2 is 2.43 bits per heavy atom. The molecular formula is C7H4F2N2O2S. The second-order valence-electron chi connectivity index (χ2n) is 2.22. The van der Waals surface area contributed by atoms with Crippen molar-refractivity contribution in [2.45, 2.75) is 5.92 Å². The van der Waals surface area contributed by atoms with Crippen LogP contribution in [0, 0.1) is 11.3 Å². The fourth-order valence-corrected chi connectivity index (χ4v) is 1.38. The Balaban J connectivity index is 3.01. The first-order valence-corrected chi connectivity index (χ1v) is 4.22. The van der Waals surface area contributed by atoms with Gasteiger partial charge in [0.1, 0.15) is 6.07 Å². The number of hydrogen-bond acceptors (Lipinski definition) is 5. The highest BCUT2D eigenvalue weighted by molar-refractivity contribution is 7.10.